The number of hydrogen-bond acceptors (Lipinski definition) is 8. The van der Waals surface area contributed by atoms with Gasteiger partial charge in [-0.05, 0) is 90.4 Å². The molecule has 0 spiro atoms. The van der Waals surface area contributed by atoms with Gasteiger partial charge in [-0.3, -0.25) is 19.2 Å². The number of alkyl carbamates (subject to hydrolysis) is 1. The Morgan fingerprint density at radius 2 is 1.62 bits per heavy atom. The molecule has 2 saturated carbocycles. The van der Waals surface area contributed by atoms with Crippen LogP contribution in [0.5, 0.6) is 0 Å². The molecule has 0 aromatic rings. The number of sulfone groups is 1. The van der Waals surface area contributed by atoms with Crippen molar-refractivity contribution in [1.82, 2.24) is 20.9 Å². The Kier molecular flexibility index (Phi) is 12.0. The number of carbonyl (C=O) groups is 5. The Morgan fingerprint density at radius 1 is 1.00 bits per heavy atom. The minimum absolute atomic E-state index is 0.0612. The number of fused-ring (bicyclic) bond motifs is 1. The van der Waals surface area contributed by atoms with Crippen LogP contribution in [-0.2, 0) is 33.8 Å². The molecular weight excluding hydrogens is 624 g/mol. The molecule has 1 aliphatic heterocycles. The summed E-state index contributed by atoms with van der Waals surface area (Å²) in [5.74, 6) is -3.33. The smallest absolute Gasteiger partial charge is 0.408 e. The molecule has 0 bridgehead atoms. The molecule has 4 amide bonds. The van der Waals surface area contributed by atoms with Crippen molar-refractivity contribution < 1.29 is 37.1 Å². The van der Waals surface area contributed by atoms with Crippen molar-refractivity contribution in [3.63, 3.8) is 0 Å². The molecular formula is C34H56N4O8S. The van der Waals surface area contributed by atoms with Gasteiger partial charge in [-0.25, -0.2) is 13.2 Å². The number of amides is 4. The normalized spacial score (nSPS) is 23.9. The summed E-state index contributed by atoms with van der Waals surface area (Å²) in [6.07, 6.45) is 5.76. The second-order valence-corrected chi connectivity index (χ2v) is 18.8. The van der Waals surface area contributed by atoms with Crippen LogP contribution >= 0.6 is 0 Å². The van der Waals surface area contributed by atoms with Crippen molar-refractivity contribution in [3.05, 3.63) is 12.7 Å². The zero-order chi connectivity index (χ0) is 35.5. The van der Waals surface area contributed by atoms with Crippen molar-refractivity contribution in [1.29, 1.82) is 0 Å². The zero-order valence-electron chi connectivity index (χ0n) is 29.4. The summed E-state index contributed by atoms with van der Waals surface area (Å²) in [5.41, 5.74) is -0.972. The molecule has 47 heavy (non-hydrogen) atoms. The number of allylic oxidation sites excluding steroid dienone is 1. The van der Waals surface area contributed by atoms with Gasteiger partial charge in [0.15, 0.2) is 9.84 Å². The van der Waals surface area contributed by atoms with Crippen LogP contribution in [0.3, 0.4) is 0 Å². The largest absolute Gasteiger partial charge is 0.444 e. The average molecular weight is 681 g/mol. The number of Topliss-reactive ketones (excluding diaryl/α,β-unsaturated/α-hetero) is 1. The lowest BCUT2D eigenvalue weighted by Gasteiger charge is -2.37. The number of likely N-dealkylation sites (tertiary alicyclic amines) is 1. The van der Waals surface area contributed by atoms with E-state index in [0.717, 1.165) is 32.1 Å². The maximum atomic E-state index is 14.3. The van der Waals surface area contributed by atoms with Crippen LogP contribution in [0.15, 0.2) is 12.7 Å². The minimum Gasteiger partial charge on any atom is -0.444 e. The fourth-order valence-corrected chi connectivity index (χ4v) is 7.92. The molecule has 3 rings (SSSR count). The number of piperidine rings is 1. The summed E-state index contributed by atoms with van der Waals surface area (Å²) < 4.78 is 29.4. The second-order valence-electron chi connectivity index (χ2n) is 15.9. The summed E-state index contributed by atoms with van der Waals surface area (Å²) in [4.78, 5) is 68.9. The van der Waals surface area contributed by atoms with Crippen LogP contribution in [0.2, 0.25) is 0 Å². The van der Waals surface area contributed by atoms with Crippen molar-refractivity contribution in [3.8, 4) is 0 Å². The van der Waals surface area contributed by atoms with Gasteiger partial charge < -0.3 is 25.6 Å². The predicted octanol–water partition coefficient (Wildman–Crippen LogP) is 3.29. The Labute approximate surface area is 280 Å². The van der Waals surface area contributed by atoms with Crippen LogP contribution in [0.1, 0.15) is 100 Å². The lowest BCUT2D eigenvalue weighted by atomic mass is 9.83. The van der Waals surface area contributed by atoms with Crippen molar-refractivity contribution in [2.45, 2.75) is 129 Å². The lowest BCUT2D eigenvalue weighted by molar-refractivity contribution is -0.145. The molecule has 3 fully saturated rings. The van der Waals surface area contributed by atoms with Crippen LogP contribution in [0.25, 0.3) is 0 Å². The molecule has 2 aliphatic carbocycles. The number of nitrogens with one attached hydrogen (secondary N) is 3. The highest BCUT2D eigenvalue weighted by Crippen LogP contribution is 2.65. The maximum absolute atomic E-state index is 14.3. The van der Waals surface area contributed by atoms with Gasteiger partial charge in [-0.1, -0.05) is 39.2 Å². The first kappa shape index (κ1) is 38.5. The Balaban J connectivity index is 1.80. The summed E-state index contributed by atoms with van der Waals surface area (Å²) in [5, 5.41) is 7.97. The molecule has 0 radical (unpaired) electrons. The molecule has 1 saturated heterocycles. The molecule has 1 heterocycles. The summed E-state index contributed by atoms with van der Waals surface area (Å²) in [7, 11) is -3.52. The van der Waals surface area contributed by atoms with Gasteiger partial charge in [0.05, 0.1) is 16.5 Å². The first-order valence-electron chi connectivity index (χ1n) is 16.9. The number of ether oxygens (including phenoxy) is 1. The van der Waals surface area contributed by atoms with Gasteiger partial charge in [-0.15, -0.1) is 6.58 Å². The minimum atomic E-state index is -3.52. The molecule has 5 atom stereocenters. The number of ketones is 1. The molecule has 12 nitrogen and oxygen atoms in total. The molecule has 13 heteroatoms. The molecule has 3 aliphatic rings. The van der Waals surface area contributed by atoms with Crippen molar-refractivity contribution in [2.24, 2.45) is 23.2 Å². The zero-order valence-corrected chi connectivity index (χ0v) is 30.3. The highest BCUT2D eigenvalue weighted by molar-refractivity contribution is 7.92. The molecule has 2 unspecified atom stereocenters. The summed E-state index contributed by atoms with van der Waals surface area (Å²) in [6.45, 7) is 17.8. The van der Waals surface area contributed by atoms with E-state index in [1.807, 2.05) is 13.8 Å². The van der Waals surface area contributed by atoms with E-state index in [9.17, 15) is 32.4 Å². The molecule has 3 N–H and O–H groups in total. The highest BCUT2D eigenvalue weighted by atomic mass is 32.2. The lowest BCUT2D eigenvalue weighted by Crippen LogP contribution is -2.60. The maximum Gasteiger partial charge on any atom is 0.408 e. The first-order valence-corrected chi connectivity index (χ1v) is 18.5. The third-order valence-corrected chi connectivity index (χ3v) is 12.5. The second kappa shape index (κ2) is 14.7. The first-order chi connectivity index (χ1) is 21.6. The van der Waals surface area contributed by atoms with E-state index >= 15 is 0 Å². The van der Waals surface area contributed by atoms with Gasteiger partial charge in [0.25, 0.3) is 5.91 Å². The van der Waals surface area contributed by atoms with E-state index in [1.54, 1.807) is 52.5 Å². The number of hydrogen-bond donors (Lipinski definition) is 3. The Bertz CT molecular complexity index is 1320. The van der Waals surface area contributed by atoms with Crippen molar-refractivity contribution in [2.75, 3.05) is 18.8 Å². The van der Waals surface area contributed by atoms with Crippen LogP contribution in [-0.4, -0.2) is 90.2 Å². The highest BCUT2D eigenvalue weighted by Gasteiger charge is 2.69. The molecule has 266 valence electrons. The van der Waals surface area contributed by atoms with Crippen molar-refractivity contribution >= 4 is 39.4 Å². The van der Waals surface area contributed by atoms with Crippen LogP contribution in [0.4, 0.5) is 4.79 Å². The predicted molar refractivity (Wildman–Crippen MR) is 179 cm³/mol. The number of nitrogens with zero attached hydrogens (tertiary/aromatic N) is 1. The topological polar surface area (TPSA) is 168 Å². The van der Waals surface area contributed by atoms with Gasteiger partial charge >= 0.3 is 6.09 Å². The molecule has 0 aromatic heterocycles. The summed E-state index contributed by atoms with van der Waals surface area (Å²) in [6, 6.07) is -2.96. The average Bonchev–Trinajstić information content (AvgIpc) is 3.27. The van der Waals surface area contributed by atoms with E-state index in [1.165, 1.54) is 0 Å². The Hall–Kier alpha value is -2.96. The van der Waals surface area contributed by atoms with E-state index < -0.39 is 62.0 Å². The quantitative estimate of drug-likeness (QED) is 0.197. The number of rotatable bonds is 13. The Morgan fingerprint density at radius 3 is 2.17 bits per heavy atom. The third-order valence-electron chi connectivity index (χ3n) is 9.93. The van der Waals surface area contributed by atoms with Crippen LogP contribution < -0.4 is 16.0 Å². The van der Waals surface area contributed by atoms with E-state index in [2.05, 4.69) is 22.5 Å². The SMILES string of the molecule is C=CCCC(NC(=O)[C@@H]1[C@@H]2C(CN1C(=O)[C@@H](NC(=O)OC(C)(C)C)C1CCCCC1)C2(C)C)C(=O)C(=O)NCCS(=O)(=O)C(C)(C)C. The summed E-state index contributed by atoms with van der Waals surface area (Å²) >= 11 is 0. The van der Waals surface area contributed by atoms with Gasteiger partial charge in [0, 0.05) is 13.1 Å². The third kappa shape index (κ3) is 9.35. The van der Waals surface area contributed by atoms with E-state index in [0.29, 0.717) is 13.0 Å². The monoisotopic (exact) mass is 680 g/mol. The fourth-order valence-electron chi connectivity index (χ4n) is 6.94. The standard InChI is InChI=1S/C34H56N4O8S/c1-10-11-17-23(27(39)29(41)35-18-19-47(44,45)33(5,6)7)36-28(40)26-24-22(34(24,8)9)20-38(26)30(42)25(21-15-13-12-14-16-21)37-31(43)46-32(2,3)4/h10,21-26H,1,11-20H2,2-9H3,(H,35,41)(H,36,40)(H,37,43)/t22?,23?,24-,25-,26-/m0/s1. The molecule has 0 aromatic carbocycles. The van der Waals surface area contributed by atoms with Gasteiger partial charge in [-0.2, -0.15) is 0 Å². The van der Waals surface area contributed by atoms with Gasteiger partial charge in [0.1, 0.15) is 17.7 Å². The number of carbonyl (C=O) groups excluding carboxylic acids is 5. The van der Waals surface area contributed by atoms with E-state index in [4.69, 9.17) is 4.74 Å². The van der Waals surface area contributed by atoms with Crippen LogP contribution in [0, 0.1) is 23.2 Å². The van der Waals surface area contributed by atoms with E-state index in [-0.39, 0.29) is 47.8 Å². The fraction of sp³-hybridized carbons (Fsp3) is 0.794. The van der Waals surface area contributed by atoms with Gasteiger partial charge in [0.2, 0.25) is 17.6 Å².